The third-order valence-electron chi connectivity index (χ3n) is 1.71. The van der Waals surface area contributed by atoms with Crippen molar-refractivity contribution in [1.82, 2.24) is 0 Å². The van der Waals surface area contributed by atoms with Crippen molar-refractivity contribution in [1.29, 1.82) is 0 Å². The predicted molar refractivity (Wildman–Crippen MR) is 55.5 cm³/mol. The van der Waals surface area contributed by atoms with E-state index in [2.05, 4.69) is 0 Å². The normalized spacial score (nSPS) is 12.4. The average Bonchev–Trinajstić information content (AvgIpc) is 2.16. The number of benzene rings is 1. The van der Waals surface area contributed by atoms with Crippen molar-refractivity contribution >= 4 is 17.7 Å². The third kappa shape index (κ3) is 3.40. The minimum atomic E-state index is -1.29. The van der Waals surface area contributed by atoms with Crippen LogP contribution < -0.4 is 0 Å². The van der Waals surface area contributed by atoms with Gasteiger partial charge in [-0.2, -0.15) is 0 Å². The Hall–Kier alpha value is -1.00. The number of thioether (sulfide) groups is 1. The quantitative estimate of drug-likeness (QED) is 0.743. The first-order valence-corrected chi connectivity index (χ1v) is 5.18. The summed E-state index contributed by atoms with van der Waals surface area (Å²) in [4.78, 5) is 11.3. The monoisotopic (exact) mass is 212 g/mol. The smallest absolute Gasteiger partial charge is 0.333 e. The first-order valence-electron chi connectivity index (χ1n) is 4.20. The molecule has 4 heteroatoms. The molecule has 0 aliphatic heterocycles. The molecule has 3 nitrogen and oxygen atoms in total. The highest BCUT2D eigenvalue weighted by Crippen LogP contribution is 2.18. The molecule has 76 valence electrons. The molecule has 1 unspecified atom stereocenters. The molecule has 0 heterocycles. The van der Waals surface area contributed by atoms with Crippen LogP contribution >= 0.6 is 11.8 Å². The summed E-state index contributed by atoms with van der Waals surface area (Å²) in [5.41, 5.74) is 1.16. The number of aliphatic hydroxyl groups is 1. The fraction of sp³-hybridized carbons (Fsp3) is 0.300. The topological polar surface area (TPSA) is 57.5 Å². The first kappa shape index (κ1) is 11.1. The van der Waals surface area contributed by atoms with Crippen LogP contribution in [0.4, 0.5) is 0 Å². The van der Waals surface area contributed by atoms with Gasteiger partial charge in [-0.3, -0.25) is 0 Å². The Bertz CT molecular complexity index is 308. The van der Waals surface area contributed by atoms with Crippen LogP contribution in [0.5, 0.6) is 0 Å². The Kier molecular flexibility index (Phi) is 3.98. The molecule has 1 aromatic carbocycles. The number of carbonyl (C=O) groups is 1. The number of carboxylic acids is 1. The minimum absolute atomic E-state index is 0.179. The number of carboxylic acid groups (broad SMARTS) is 1. The van der Waals surface area contributed by atoms with Crippen LogP contribution in [0.2, 0.25) is 0 Å². The predicted octanol–water partition coefficient (Wildman–Crippen LogP) is 1.53. The van der Waals surface area contributed by atoms with Crippen LogP contribution in [0.25, 0.3) is 0 Å². The molecule has 2 N–H and O–H groups in total. The van der Waals surface area contributed by atoms with Crippen LogP contribution in [0.3, 0.4) is 0 Å². The van der Waals surface area contributed by atoms with Crippen LogP contribution in [0.1, 0.15) is 5.56 Å². The zero-order valence-electron chi connectivity index (χ0n) is 7.80. The number of aliphatic carboxylic acids is 1. The molecule has 14 heavy (non-hydrogen) atoms. The van der Waals surface area contributed by atoms with Crippen LogP contribution in [0, 0.1) is 6.92 Å². The summed E-state index contributed by atoms with van der Waals surface area (Å²) in [7, 11) is 0. The molecule has 0 aliphatic carbocycles. The summed E-state index contributed by atoms with van der Waals surface area (Å²) in [6.07, 6.45) is -1.29. The molecule has 1 rings (SSSR count). The summed E-state index contributed by atoms with van der Waals surface area (Å²) < 4.78 is 0. The van der Waals surface area contributed by atoms with E-state index in [0.29, 0.717) is 0 Å². The van der Waals surface area contributed by atoms with Gasteiger partial charge in [0.25, 0.3) is 0 Å². The maximum atomic E-state index is 10.3. The lowest BCUT2D eigenvalue weighted by molar-refractivity contribution is -0.145. The van der Waals surface area contributed by atoms with Gasteiger partial charge in [-0.25, -0.2) is 4.79 Å². The fourth-order valence-electron chi connectivity index (χ4n) is 0.881. The van der Waals surface area contributed by atoms with Gasteiger partial charge >= 0.3 is 5.97 Å². The first-order chi connectivity index (χ1) is 6.59. The highest BCUT2D eigenvalue weighted by atomic mass is 32.2. The van der Waals surface area contributed by atoms with Crippen molar-refractivity contribution < 1.29 is 15.0 Å². The van der Waals surface area contributed by atoms with Crippen molar-refractivity contribution in [2.45, 2.75) is 17.9 Å². The number of aliphatic hydroxyl groups excluding tert-OH is 1. The van der Waals surface area contributed by atoms with Gasteiger partial charge in [0.1, 0.15) is 0 Å². The SMILES string of the molecule is Cc1ccc(SCC(O)C(=O)O)cc1. The van der Waals surface area contributed by atoms with Gasteiger partial charge in [-0.05, 0) is 19.1 Å². The Balaban J connectivity index is 2.46. The van der Waals surface area contributed by atoms with Crippen molar-refractivity contribution in [3.8, 4) is 0 Å². The van der Waals surface area contributed by atoms with E-state index in [1.54, 1.807) is 0 Å². The van der Waals surface area contributed by atoms with Crippen molar-refractivity contribution in [3.63, 3.8) is 0 Å². The van der Waals surface area contributed by atoms with E-state index in [1.165, 1.54) is 11.8 Å². The lowest BCUT2D eigenvalue weighted by Crippen LogP contribution is -2.21. The van der Waals surface area contributed by atoms with Gasteiger partial charge in [0.15, 0.2) is 6.10 Å². The van der Waals surface area contributed by atoms with Gasteiger partial charge in [0.05, 0.1) is 0 Å². The molecule has 0 saturated heterocycles. The zero-order valence-corrected chi connectivity index (χ0v) is 8.62. The highest BCUT2D eigenvalue weighted by molar-refractivity contribution is 7.99. The summed E-state index contributed by atoms with van der Waals surface area (Å²) in [6, 6.07) is 7.73. The number of hydrogen-bond acceptors (Lipinski definition) is 3. The Labute approximate surface area is 86.8 Å². The second-order valence-corrected chi connectivity index (χ2v) is 4.07. The Morgan fingerprint density at radius 3 is 2.50 bits per heavy atom. The molecule has 0 bridgehead atoms. The molecule has 0 spiro atoms. The molecule has 1 atom stereocenters. The fourth-order valence-corrected chi connectivity index (χ4v) is 1.70. The summed E-state index contributed by atoms with van der Waals surface area (Å²) >= 11 is 1.33. The third-order valence-corrected chi connectivity index (χ3v) is 2.80. The number of hydrogen-bond donors (Lipinski definition) is 2. The largest absolute Gasteiger partial charge is 0.479 e. The van der Waals surface area contributed by atoms with E-state index in [1.807, 2.05) is 31.2 Å². The molecule has 1 aromatic rings. The lowest BCUT2D eigenvalue weighted by Gasteiger charge is -2.04. The Morgan fingerprint density at radius 2 is 2.00 bits per heavy atom. The standard InChI is InChI=1S/C10H12O3S/c1-7-2-4-8(5-3-7)14-6-9(11)10(12)13/h2-5,9,11H,6H2,1H3,(H,12,13). The summed E-state index contributed by atoms with van der Waals surface area (Å²) in [5.74, 6) is -0.997. The lowest BCUT2D eigenvalue weighted by atomic mass is 10.2. The Morgan fingerprint density at radius 1 is 1.43 bits per heavy atom. The maximum absolute atomic E-state index is 10.3. The second-order valence-electron chi connectivity index (χ2n) is 2.98. The van der Waals surface area contributed by atoms with Crippen LogP contribution in [-0.4, -0.2) is 28.0 Å². The van der Waals surface area contributed by atoms with Gasteiger partial charge in [-0.1, -0.05) is 17.7 Å². The van der Waals surface area contributed by atoms with Crippen molar-refractivity contribution in [2.24, 2.45) is 0 Å². The van der Waals surface area contributed by atoms with Crippen LogP contribution in [0.15, 0.2) is 29.2 Å². The molecule has 0 fully saturated rings. The zero-order chi connectivity index (χ0) is 10.6. The van der Waals surface area contributed by atoms with E-state index in [0.717, 1.165) is 10.5 Å². The molecule has 0 saturated carbocycles. The summed E-state index contributed by atoms with van der Waals surface area (Å²) in [6.45, 7) is 1.99. The van der Waals surface area contributed by atoms with E-state index in [9.17, 15) is 4.79 Å². The maximum Gasteiger partial charge on any atom is 0.333 e. The summed E-state index contributed by atoms with van der Waals surface area (Å²) in [5, 5.41) is 17.5. The molecule has 0 aromatic heterocycles. The number of aryl methyl sites for hydroxylation is 1. The molecule has 0 amide bonds. The second kappa shape index (κ2) is 5.02. The molecule has 0 aliphatic rings. The van der Waals surface area contributed by atoms with Crippen LogP contribution in [-0.2, 0) is 4.79 Å². The number of rotatable bonds is 4. The van der Waals surface area contributed by atoms with E-state index in [4.69, 9.17) is 10.2 Å². The van der Waals surface area contributed by atoms with E-state index < -0.39 is 12.1 Å². The average molecular weight is 212 g/mol. The highest BCUT2D eigenvalue weighted by Gasteiger charge is 2.12. The molecular formula is C10H12O3S. The van der Waals surface area contributed by atoms with Crippen molar-refractivity contribution in [3.05, 3.63) is 29.8 Å². The van der Waals surface area contributed by atoms with Crippen molar-refractivity contribution in [2.75, 3.05) is 5.75 Å². The van der Waals surface area contributed by atoms with Gasteiger partial charge in [0, 0.05) is 10.6 Å². The van der Waals surface area contributed by atoms with E-state index >= 15 is 0 Å². The minimum Gasteiger partial charge on any atom is -0.479 e. The van der Waals surface area contributed by atoms with Gasteiger partial charge in [-0.15, -0.1) is 11.8 Å². The van der Waals surface area contributed by atoms with E-state index in [-0.39, 0.29) is 5.75 Å². The van der Waals surface area contributed by atoms with Gasteiger partial charge in [0.2, 0.25) is 0 Å². The molecule has 0 radical (unpaired) electrons. The van der Waals surface area contributed by atoms with Gasteiger partial charge < -0.3 is 10.2 Å². The molecular weight excluding hydrogens is 200 g/mol.